The molecule has 0 aliphatic carbocycles. The van der Waals surface area contributed by atoms with Crippen molar-refractivity contribution in [2.45, 2.75) is 0 Å². The molecule has 0 atom stereocenters. The third kappa shape index (κ3) is 1.84. The second-order valence-electron chi connectivity index (χ2n) is 3.95. The van der Waals surface area contributed by atoms with Gasteiger partial charge in [-0.1, -0.05) is 17.3 Å². The van der Waals surface area contributed by atoms with E-state index in [4.69, 9.17) is 10.3 Å². The topological polar surface area (TPSA) is 82.8 Å². The molecule has 2 heterocycles. The molecule has 0 unspecified atom stereocenters. The molecular weight excluding hydrogens is 230 g/mol. The van der Waals surface area contributed by atoms with Crippen molar-refractivity contribution in [1.82, 2.24) is 19.9 Å². The molecule has 0 saturated carbocycles. The van der Waals surface area contributed by atoms with Gasteiger partial charge in [-0.05, 0) is 12.1 Å². The second kappa shape index (κ2) is 3.99. The first-order chi connectivity index (χ1) is 8.72. The Hall–Kier alpha value is -2.63. The molecule has 0 fully saturated rings. The van der Waals surface area contributed by atoms with E-state index in [1.807, 2.05) is 31.4 Å². The quantitative estimate of drug-likeness (QED) is 0.691. The van der Waals surface area contributed by atoms with E-state index in [0.29, 0.717) is 17.4 Å². The summed E-state index contributed by atoms with van der Waals surface area (Å²) in [6, 6.07) is 7.35. The van der Waals surface area contributed by atoms with Gasteiger partial charge in [0.05, 0.1) is 11.8 Å². The third-order valence-corrected chi connectivity index (χ3v) is 2.52. The van der Waals surface area contributed by atoms with Crippen molar-refractivity contribution >= 4 is 5.69 Å². The van der Waals surface area contributed by atoms with Crippen molar-refractivity contribution < 1.29 is 4.52 Å². The Labute approximate surface area is 103 Å². The second-order valence-corrected chi connectivity index (χ2v) is 3.95. The van der Waals surface area contributed by atoms with Gasteiger partial charge in [-0.2, -0.15) is 10.1 Å². The zero-order valence-corrected chi connectivity index (χ0v) is 9.74. The van der Waals surface area contributed by atoms with Crippen LogP contribution in [0.2, 0.25) is 0 Å². The Kier molecular flexibility index (Phi) is 2.33. The van der Waals surface area contributed by atoms with Gasteiger partial charge in [0.15, 0.2) is 0 Å². The van der Waals surface area contributed by atoms with Gasteiger partial charge in [0.1, 0.15) is 0 Å². The average Bonchev–Trinajstić information content (AvgIpc) is 2.97. The van der Waals surface area contributed by atoms with Crippen LogP contribution >= 0.6 is 0 Å². The minimum atomic E-state index is 0.445. The predicted octanol–water partition coefficient (Wildman–Crippen LogP) is 1.72. The Morgan fingerprint density at radius 1 is 1.28 bits per heavy atom. The lowest BCUT2D eigenvalue weighted by molar-refractivity contribution is 0.432. The number of anilines is 1. The highest BCUT2D eigenvalue weighted by Crippen LogP contribution is 2.22. The first-order valence-electron chi connectivity index (χ1n) is 5.41. The Bertz CT molecular complexity index is 685. The molecule has 18 heavy (non-hydrogen) atoms. The summed E-state index contributed by atoms with van der Waals surface area (Å²) in [6.45, 7) is 0. The molecule has 3 aromatic rings. The van der Waals surface area contributed by atoms with Crippen molar-refractivity contribution in [3.05, 3.63) is 36.7 Å². The number of nitrogen functional groups attached to an aromatic ring is 1. The van der Waals surface area contributed by atoms with Gasteiger partial charge in [-0.3, -0.25) is 4.68 Å². The number of hydrogen-bond donors (Lipinski definition) is 1. The third-order valence-electron chi connectivity index (χ3n) is 2.52. The van der Waals surface area contributed by atoms with Gasteiger partial charge in [-0.25, -0.2) is 0 Å². The summed E-state index contributed by atoms with van der Waals surface area (Å²) in [7, 11) is 1.83. The van der Waals surface area contributed by atoms with Crippen LogP contribution in [-0.4, -0.2) is 19.9 Å². The van der Waals surface area contributed by atoms with Crippen LogP contribution in [0.25, 0.3) is 22.8 Å². The number of nitrogens with two attached hydrogens (primary N) is 1. The van der Waals surface area contributed by atoms with Gasteiger partial charge in [0, 0.05) is 24.5 Å². The summed E-state index contributed by atoms with van der Waals surface area (Å²) >= 11 is 0. The Balaban J connectivity index is 1.99. The molecule has 0 saturated heterocycles. The molecule has 0 amide bonds. The van der Waals surface area contributed by atoms with Crippen LogP contribution in [0, 0.1) is 0 Å². The standard InChI is InChI=1S/C12H11N5O/c1-17-7-9(6-14-17)12-15-11(16-18-12)8-3-2-4-10(13)5-8/h2-7H,13H2,1H3. The minimum absolute atomic E-state index is 0.445. The lowest BCUT2D eigenvalue weighted by Crippen LogP contribution is -1.86. The van der Waals surface area contributed by atoms with Gasteiger partial charge in [-0.15, -0.1) is 0 Å². The highest BCUT2D eigenvalue weighted by molar-refractivity contribution is 5.62. The number of benzene rings is 1. The maximum Gasteiger partial charge on any atom is 0.261 e. The Morgan fingerprint density at radius 2 is 2.17 bits per heavy atom. The molecule has 1 aromatic carbocycles. The molecule has 6 heteroatoms. The maximum absolute atomic E-state index is 5.72. The molecule has 0 radical (unpaired) electrons. The van der Waals surface area contributed by atoms with Crippen molar-refractivity contribution in [3.63, 3.8) is 0 Å². The highest BCUT2D eigenvalue weighted by Gasteiger charge is 2.11. The number of hydrogen-bond acceptors (Lipinski definition) is 5. The molecule has 0 aliphatic heterocycles. The van der Waals surface area contributed by atoms with Crippen LogP contribution in [0.1, 0.15) is 0 Å². The fraction of sp³-hybridized carbons (Fsp3) is 0.0833. The molecular formula is C12H11N5O. The zero-order valence-electron chi connectivity index (χ0n) is 9.74. The largest absolute Gasteiger partial charge is 0.399 e. The number of aromatic nitrogens is 4. The summed E-state index contributed by atoms with van der Waals surface area (Å²) < 4.78 is 6.88. The SMILES string of the molecule is Cn1cc(-c2nc(-c3cccc(N)c3)no2)cn1. The zero-order chi connectivity index (χ0) is 12.5. The van der Waals surface area contributed by atoms with Gasteiger partial charge < -0.3 is 10.3 Å². The average molecular weight is 241 g/mol. The summed E-state index contributed by atoms with van der Waals surface area (Å²) in [6.07, 6.45) is 3.49. The van der Waals surface area contributed by atoms with E-state index in [2.05, 4.69) is 15.2 Å². The lowest BCUT2D eigenvalue weighted by atomic mass is 10.2. The number of aryl methyl sites for hydroxylation is 1. The van der Waals surface area contributed by atoms with Crippen LogP contribution in [0.4, 0.5) is 5.69 Å². The predicted molar refractivity (Wildman–Crippen MR) is 66.3 cm³/mol. The lowest BCUT2D eigenvalue weighted by Gasteiger charge is -1.95. The van der Waals surface area contributed by atoms with E-state index in [1.54, 1.807) is 16.9 Å². The normalized spacial score (nSPS) is 10.7. The molecule has 0 bridgehead atoms. The molecule has 6 nitrogen and oxygen atoms in total. The van der Waals surface area contributed by atoms with Crippen LogP contribution < -0.4 is 5.73 Å². The smallest absolute Gasteiger partial charge is 0.261 e. The Morgan fingerprint density at radius 3 is 2.89 bits per heavy atom. The van der Waals surface area contributed by atoms with E-state index in [9.17, 15) is 0 Å². The molecule has 3 rings (SSSR count). The van der Waals surface area contributed by atoms with E-state index in [1.165, 1.54) is 0 Å². The van der Waals surface area contributed by atoms with Crippen LogP contribution in [-0.2, 0) is 7.05 Å². The number of rotatable bonds is 2. The summed E-state index contributed by atoms with van der Waals surface area (Å²) in [5, 5.41) is 7.99. The molecule has 0 aliphatic rings. The van der Waals surface area contributed by atoms with E-state index < -0.39 is 0 Å². The summed E-state index contributed by atoms with van der Waals surface area (Å²) in [5.74, 6) is 0.960. The molecule has 2 aromatic heterocycles. The molecule has 0 spiro atoms. The van der Waals surface area contributed by atoms with Crippen molar-refractivity contribution in [3.8, 4) is 22.8 Å². The van der Waals surface area contributed by atoms with Gasteiger partial charge >= 0.3 is 0 Å². The van der Waals surface area contributed by atoms with E-state index >= 15 is 0 Å². The van der Waals surface area contributed by atoms with E-state index in [0.717, 1.165) is 11.1 Å². The van der Waals surface area contributed by atoms with Crippen molar-refractivity contribution in [2.24, 2.45) is 7.05 Å². The summed E-state index contributed by atoms with van der Waals surface area (Å²) in [4.78, 5) is 4.32. The fourth-order valence-electron chi connectivity index (χ4n) is 1.67. The van der Waals surface area contributed by atoms with Crippen molar-refractivity contribution in [2.75, 3.05) is 5.73 Å². The van der Waals surface area contributed by atoms with Crippen molar-refractivity contribution in [1.29, 1.82) is 0 Å². The van der Waals surface area contributed by atoms with Gasteiger partial charge in [0.25, 0.3) is 5.89 Å². The maximum atomic E-state index is 5.72. The minimum Gasteiger partial charge on any atom is -0.399 e. The first-order valence-corrected chi connectivity index (χ1v) is 5.41. The molecule has 2 N–H and O–H groups in total. The van der Waals surface area contributed by atoms with E-state index in [-0.39, 0.29) is 0 Å². The highest BCUT2D eigenvalue weighted by atomic mass is 16.5. The fourth-order valence-corrected chi connectivity index (χ4v) is 1.67. The van der Waals surface area contributed by atoms with Crippen LogP contribution in [0.15, 0.2) is 41.2 Å². The number of nitrogens with zero attached hydrogens (tertiary/aromatic N) is 4. The first kappa shape index (κ1) is 10.5. The molecule has 90 valence electrons. The monoisotopic (exact) mass is 241 g/mol. The summed E-state index contributed by atoms with van der Waals surface area (Å²) in [5.41, 5.74) is 8.00. The van der Waals surface area contributed by atoms with Crippen LogP contribution in [0.5, 0.6) is 0 Å². The van der Waals surface area contributed by atoms with Crippen LogP contribution in [0.3, 0.4) is 0 Å². The van der Waals surface area contributed by atoms with Gasteiger partial charge in [0.2, 0.25) is 5.82 Å².